The number of carbonyl (C=O) groups is 2. The van der Waals surface area contributed by atoms with Gasteiger partial charge in [-0.05, 0) is 37.6 Å². The Hall–Kier alpha value is -2.04. The Bertz CT molecular complexity index is 482. The smallest absolute Gasteiger partial charge is 0.311 e. The fraction of sp³-hybridized carbons (Fsp3) is 0.385. The molecule has 1 heterocycles. The lowest BCUT2D eigenvalue weighted by molar-refractivity contribution is -0.147. The number of aliphatic carboxylic acids is 1. The van der Waals surface area contributed by atoms with E-state index in [1.807, 2.05) is 0 Å². The molecule has 1 unspecified atom stereocenters. The summed E-state index contributed by atoms with van der Waals surface area (Å²) in [5, 5.41) is 18.3. The summed E-state index contributed by atoms with van der Waals surface area (Å²) >= 11 is 0. The number of likely N-dealkylation sites (tertiary alicyclic amines) is 1. The largest absolute Gasteiger partial charge is 0.508 e. The second-order valence-corrected chi connectivity index (χ2v) is 4.89. The topological polar surface area (TPSA) is 77.8 Å². The summed E-state index contributed by atoms with van der Waals surface area (Å²) in [5.41, 5.74) is -0.394. The molecule has 0 aliphatic carbocycles. The first-order chi connectivity index (χ1) is 8.42. The molecule has 2 rings (SSSR count). The van der Waals surface area contributed by atoms with Crippen LogP contribution in [0.15, 0.2) is 24.3 Å². The zero-order valence-corrected chi connectivity index (χ0v) is 10.1. The number of hydrogen-bond acceptors (Lipinski definition) is 3. The Labute approximate surface area is 105 Å². The molecule has 0 radical (unpaired) electrons. The van der Waals surface area contributed by atoms with Gasteiger partial charge >= 0.3 is 5.97 Å². The first kappa shape index (κ1) is 12.4. The first-order valence-electron chi connectivity index (χ1n) is 5.74. The molecule has 5 heteroatoms. The number of amides is 1. The van der Waals surface area contributed by atoms with E-state index in [1.165, 1.54) is 24.3 Å². The van der Waals surface area contributed by atoms with E-state index in [4.69, 9.17) is 10.2 Å². The molecule has 0 spiro atoms. The average molecular weight is 249 g/mol. The molecule has 1 fully saturated rings. The van der Waals surface area contributed by atoms with Crippen molar-refractivity contribution in [1.29, 1.82) is 0 Å². The maximum absolute atomic E-state index is 12.1. The van der Waals surface area contributed by atoms with E-state index in [9.17, 15) is 9.59 Å². The molecule has 96 valence electrons. The number of hydrogen-bond donors (Lipinski definition) is 2. The Morgan fingerprint density at radius 3 is 2.39 bits per heavy atom. The SMILES string of the molecule is CC1(C(=O)O)CCN(C(=O)c2ccc(O)cc2)C1. The summed E-state index contributed by atoms with van der Waals surface area (Å²) in [4.78, 5) is 24.8. The highest BCUT2D eigenvalue weighted by Gasteiger charge is 2.42. The van der Waals surface area contributed by atoms with E-state index in [0.717, 1.165) is 0 Å². The van der Waals surface area contributed by atoms with Gasteiger partial charge in [-0.15, -0.1) is 0 Å². The van der Waals surface area contributed by atoms with Gasteiger partial charge in [0.05, 0.1) is 5.41 Å². The van der Waals surface area contributed by atoms with Crippen LogP contribution in [-0.2, 0) is 4.79 Å². The lowest BCUT2D eigenvalue weighted by atomic mass is 9.90. The Morgan fingerprint density at radius 2 is 1.89 bits per heavy atom. The third-order valence-corrected chi connectivity index (χ3v) is 3.39. The molecule has 1 atom stereocenters. The van der Waals surface area contributed by atoms with Gasteiger partial charge in [-0.2, -0.15) is 0 Å². The van der Waals surface area contributed by atoms with Crippen LogP contribution in [-0.4, -0.2) is 40.1 Å². The average Bonchev–Trinajstić information content (AvgIpc) is 2.73. The quantitative estimate of drug-likeness (QED) is 0.828. The van der Waals surface area contributed by atoms with Crippen LogP contribution in [0.1, 0.15) is 23.7 Å². The van der Waals surface area contributed by atoms with E-state index >= 15 is 0 Å². The number of rotatable bonds is 2. The van der Waals surface area contributed by atoms with Crippen LogP contribution in [0, 0.1) is 5.41 Å². The summed E-state index contributed by atoms with van der Waals surface area (Å²) < 4.78 is 0. The van der Waals surface area contributed by atoms with Gasteiger partial charge in [0.1, 0.15) is 5.75 Å². The summed E-state index contributed by atoms with van der Waals surface area (Å²) in [7, 11) is 0. The van der Waals surface area contributed by atoms with Crippen LogP contribution in [0.4, 0.5) is 0 Å². The lowest BCUT2D eigenvalue weighted by Crippen LogP contribution is -2.34. The minimum Gasteiger partial charge on any atom is -0.508 e. The maximum atomic E-state index is 12.1. The van der Waals surface area contributed by atoms with Gasteiger partial charge in [-0.25, -0.2) is 0 Å². The predicted octanol–water partition coefficient (Wildman–Crippen LogP) is 1.33. The van der Waals surface area contributed by atoms with Gasteiger partial charge in [-0.3, -0.25) is 9.59 Å². The minimum absolute atomic E-state index is 0.100. The van der Waals surface area contributed by atoms with Crippen molar-refractivity contribution in [2.24, 2.45) is 5.41 Å². The molecule has 1 aliphatic rings. The van der Waals surface area contributed by atoms with E-state index in [-0.39, 0.29) is 18.2 Å². The number of aromatic hydroxyl groups is 1. The van der Waals surface area contributed by atoms with Crippen LogP contribution in [0.25, 0.3) is 0 Å². The molecule has 1 aliphatic heterocycles. The highest BCUT2D eigenvalue weighted by Crippen LogP contribution is 2.31. The summed E-state index contributed by atoms with van der Waals surface area (Å²) in [6.07, 6.45) is 0.464. The van der Waals surface area contributed by atoms with Crippen LogP contribution in [0.2, 0.25) is 0 Å². The van der Waals surface area contributed by atoms with Crippen molar-refractivity contribution < 1.29 is 19.8 Å². The molecule has 18 heavy (non-hydrogen) atoms. The number of phenols is 1. The van der Waals surface area contributed by atoms with Crippen molar-refractivity contribution in [2.45, 2.75) is 13.3 Å². The van der Waals surface area contributed by atoms with Crippen LogP contribution < -0.4 is 0 Å². The molecule has 2 N–H and O–H groups in total. The number of nitrogens with zero attached hydrogens (tertiary/aromatic N) is 1. The zero-order chi connectivity index (χ0) is 13.3. The molecule has 0 saturated carbocycles. The molecule has 5 nitrogen and oxygen atoms in total. The van der Waals surface area contributed by atoms with Gasteiger partial charge < -0.3 is 15.1 Å². The Morgan fingerprint density at radius 1 is 1.28 bits per heavy atom. The van der Waals surface area contributed by atoms with Gasteiger partial charge in [-0.1, -0.05) is 0 Å². The van der Waals surface area contributed by atoms with Crippen molar-refractivity contribution >= 4 is 11.9 Å². The van der Waals surface area contributed by atoms with E-state index in [0.29, 0.717) is 18.5 Å². The summed E-state index contributed by atoms with van der Waals surface area (Å²) in [6.45, 7) is 2.32. The maximum Gasteiger partial charge on any atom is 0.311 e. The number of carboxylic acid groups (broad SMARTS) is 1. The van der Waals surface area contributed by atoms with E-state index in [2.05, 4.69) is 0 Å². The third kappa shape index (κ3) is 2.16. The molecule has 0 bridgehead atoms. The van der Waals surface area contributed by atoms with Crippen molar-refractivity contribution in [2.75, 3.05) is 13.1 Å². The van der Waals surface area contributed by atoms with Crippen molar-refractivity contribution in [3.63, 3.8) is 0 Å². The van der Waals surface area contributed by atoms with Crippen LogP contribution in [0.3, 0.4) is 0 Å². The van der Waals surface area contributed by atoms with E-state index in [1.54, 1.807) is 11.8 Å². The lowest BCUT2D eigenvalue weighted by Gasteiger charge is -2.20. The fourth-order valence-electron chi connectivity index (χ4n) is 2.10. The zero-order valence-electron chi connectivity index (χ0n) is 10.1. The highest BCUT2D eigenvalue weighted by molar-refractivity contribution is 5.95. The standard InChI is InChI=1S/C13H15NO4/c1-13(12(17)18)6-7-14(8-13)11(16)9-2-4-10(15)5-3-9/h2-5,15H,6-8H2,1H3,(H,17,18). The number of carboxylic acids is 1. The molecule has 1 saturated heterocycles. The highest BCUT2D eigenvalue weighted by atomic mass is 16.4. The second-order valence-electron chi connectivity index (χ2n) is 4.89. The van der Waals surface area contributed by atoms with Gasteiger partial charge in [0.15, 0.2) is 0 Å². The molecule has 1 aromatic rings. The van der Waals surface area contributed by atoms with Crippen molar-refractivity contribution in [1.82, 2.24) is 4.90 Å². The molecular formula is C13H15NO4. The Balaban J connectivity index is 2.12. The summed E-state index contributed by atoms with van der Waals surface area (Å²) in [6, 6.07) is 5.96. The molecule has 0 aromatic heterocycles. The number of carbonyl (C=O) groups excluding carboxylic acids is 1. The van der Waals surface area contributed by atoms with Gasteiger partial charge in [0.25, 0.3) is 5.91 Å². The number of phenolic OH excluding ortho intramolecular Hbond substituents is 1. The first-order valence-corrected chi connectivity index (χ1v) is 5.74. The number of benzene rings is 1. The molecule has 1 aromatic carbocycles. The predicted molar refractivity (Wildman–Crippen MR) is 64.4 cm³/mol. The van der Waals surface area contributed by atoms with Crippen LogP contribution in [0.5, 0.6) is 5.75 Å². The van der Waals surface area contributed by atoms with E-state index < -0.39 is 11.4 Å². The normalized spacial score (nSPS) is 23.1. The van der Waals surface area contributed by atoms with Gasteiger partial charge in [0, 0.05) is 18.7 Å². The fourth-order valence-corrected chi connectivity index (χ4v) is 2.10. The van der Waals surface area contributed by atoms with Crippen LogP contribution >= 0.6 is 0 Å². The minimum atomic E-state index is -0.872. The Kier molecular flexibility index (Phi) is 2.98. The summed E-state index contributed by atoms with van der Waals surface area (Å²) in [5.74, 6) is -0.966. The molecular weight excluding hydrogens is 234 g/mol. The van der Waals surface area contributed by atoms with Crippen molar-refractivity contribution in [3.8, 4) is 5.75 Å². The molecule has 1 amide bonds. The monoisotopic (exact) mass is 249 g/mol. The third-order valence-electron chi connectivity index (χ3n) is 3.39. The van der Waals surface area contributed by atoms with Crippen molar-refractivity contribution in [3.05, 3.63) is 29.8 Å². The second kappa shape index (κ2) is 4.33. The van der Waals surface area contributed by atoms with Gasteiger partial charge in [0.2, 0.25) is 0 Å².